The molecule has 0 saturated heterocycles. The van der Waals surface area contributed by atoms with Gasteiger partial charge in [-0.1, -0.05) is 60.7 Å². The third kappa shape index (κ3) is 4.33. The van der Waals surface area contributed by atoms with Gasteiger partial charge in [-0.25, -0.2) is 0 Å². The van der Waals surface area contributed by atoms with E-state index in [1.807, 2.05) is 12.1 Å². The summed E-state index contributed by atoms with van der Waals surface area (Å²) in [4.78, 5) is 2.38. The first-order valence-electron chi connectivity index (χ1n) is 7.34. The van der Waals surface area contributed by atoms with Crippen LogP contribution in [0, 0.1) is 0 Å². The minimum absolute atomic E-state index is 0.780. The molecule has 0 fully saturated rings. The molecule has 2 aromatic carbocycles. The van der Waals surface area contributed by atoms with Crippen molar-refractivity contribution in [3.05, 3.63) is 94.4 Å². The summed E-state index contributed by atoms with van der Waals surface area (Å²) in [6, 6.07) is 25.0. The summed E-state index contributed by atoms with van der Waals surface area (Å²) >= 11 is 3.37. The van der Waals surface area contributed by atoms with Crippen molar-refractivity contribution in [3.8, 4) is 0 Å². The van der Waals surface area contributed by atoms with Crippen molar-refractivity contribution in [2.45, 2.75) is 19.6 Å². The summed E-state index contributed by atoms with van der Waals surface area (Å²) in [5.74, 6) is 0.971. The first-order valence-corrected chi connectivity index (χ1v) is 8.13. The molecule has 3 rings (SSSR count). The first-order chi connectivity index (χ1) is 10.8. The molecule has 0 amide bonds. The Labute approximate surface area is 139 Å². The van der Waals surface area contributed by atoms with E-state index in [0.29, 0.717) is 0 Å². The lowest BCUT2D eigenvalue weighted by Gasteiger charge is -2.21. The number of hydrogen-bond acceptors (Lipinski definition) is 2. The molecule has 2 nitrogen and oxygen atoms in total. The van der Waals surface area contributed by atoms with Crippen molar-refractivity contribution in [1.29, 1.82) is 0 Å². The Bertz CT molecular complexity index is 652. The van der Waals surface area contributed by atoms with Crippen molar-refractivity contribution < 1.29 is 4.42 Å². The van der Waals surface area contributed by atoms with Crippen LogP contribution in [0.4, 0.5) is 0 Å². The number of nitrogens with zero attached hydrogens (tertiary/aromatic N) is 1. The Hall–Kier alpha value is -1.84. The van der Waals surface area contributed by atoms with Crippen LogP contribution in [0.2, 0.25) is 0 Å². The predicted molar refractivity (Wildman–Crippen MR) is 92.2 cm³/mol. The molecule has 0 N–H and O–H groups in total. The highest BCUT2D eigenvalue weighted by atomic mass is 79.9. The van der Waals surface area contributed by atoms with Crippen molar-refractivity contribution in [1.82, 2.24) is 4.90 Å². The zero-order chi connectivity index (χ0) is 15.2. The van der Waals surface area contributed by atoms with Gasteiger partial charge >= 0.3 is 0 Å². The van der Waals surface area contributed by atoms with Gasteiger partial charge in [-0.2, -0.15) is 0 Å². The summed E-state index contributed by atoms with van der Waals surface area (Å²) in [6.07, 6.45) is 0. The molecule has 0 aliphatic rings. The quantitative estimate of drug-likeness (QED) is 0.600. The number of hydrogen-bond donors (Lipinski definition) is 0. The maximum atomic E-state index is 5.66. The molecule has 0 aliphatic carbocycles. The van der Waals surface area contributed by atoms with E-state index in [2.05, 4.69) is 81.5 Å². The minimum atomic E-state index is 0.780. The van der Waals surface area contributed by atoms with E-state index in [-0.39, 0.29) is 0 Å². The molecule has 1 heterocycles. The SMILES string of the molecule is Brc1ccc(CN(Cc2ccccc2)Cc2ccccc2)o1. The fourth-order valence-corrected chi connectivity index (χ4v) is 2.85. The average Bonchev–Trinajstić information content (AvgIpc) is 2.94. The van der Waals surface area contributed by atoms with Gasteiger partial charge < -0.3 is 4.42 Å². The highest BCUT2D eigenvalue weighted by Gasteiger charge is 2.10. The van der Waals surface area contributed by atoms with E-state index < -0.39 is 0 Å². The first kappa shape index (κ1) is 15.1. The van der Waals surface area contributed by atoms with Crippen LogP contribution in [-0.2, 0) is 19.6 Å². The smallest absolute Gasteiger partial charge is 0.169 e. The summed E-state index contributed by atoms with van der Waals surface area (Å²) < 4.78 is 6.44. The van der Waals surface area contributed by atoms with Gasteiger partial charge in [-0.05, 0) is 39.2 Å². The van der Waals surface area contributed by atoms with Gasteiger partial charge in [0.1, 0.15) is 5.76 Å². The van der Waals surface area contributed by atoms with Crippen LogP contribution in [0.3, 0.4) is 0 Å². The maximum absolute atomic E-state index is 5.66. The van der Waals surface area contributed by atoms with Crippen molar-refractivity contribution in [2.24, 2.45) is 0 Å². The Kier molecular flexibility index (Phi) is 5.09. The zero-order valence-corrected chi connectivity index (χ0v) is 13.9. The normalized spacial score (nSPS) is 11.0. The molecule has 0 unspecified atom stereocenters. The van der Waals surface area contributed by atoms with Gasteiger partial charge in [0, 0.05) is 13.1 Å². The van der Waals surface area contributed by atoms with Gasteiger partial charge in [-0.15, -0.1) is 0 Å². The highest BCUT2D eigenvalue weighted by Crippen LogP contribution is 2.18. The van der Waals surface area contributed by atoms with Crippen LogP contribution in [-0.4, -0.2) is 4.90 Å². The van der Waals surface area contributed by atoms with Gasteiger partial charge in [0.25, 0.3) is 0 Å². The third-order valence-electron chi connectivity index (χ3n) is 3.51. The molecule has 0 radical (unpaired) electrons. The topological polar surface area (TPSA) is 16.4 Å². The standard InChI is InChI=1S/C19H18BrNO/c20-19-12-11-18(22-19)15-21(13-16-7-3-1-4-8-16)14-17-9-5-2-6-10-17/h1-12H,13-15H2. The Morgan fingerprint density at radius 1 is 0.682 bits per heavy atom. The number of rotatable bonds is 6. The van der Waals surface area contributed by atoms with Crippen molar-refractivity contribution in [2.75, 3.05) is 0 Å². The van der Waals surface area contributed by atoms with E-state index in [4.69, 9.17) is 4.42 Å². The summed E-state index contributed by atoms with van der Waals surface area (Å²) in [5, 5.41) is 0. The molecule has 0 bridgehead atoms. The summed E-state index contributed by atoms with van der Waals surface area (Å²) in [6.45, 7) is 2.58. The van der Waals surface area contributed by atoms with Crippen LogP contribution in [0.1, 0.15) is 16.9 Å². The van der Waals surface area contributed by atoms with E-state index in [0.717, 1.165) is 30.1 Å². The van der Waals surface area contributed by atoms with Gasteiger partial charge in [-0.3, -0.25) is 4.90 Å². The maximum Gasteiger partial charge on any atom is 0.169 e. The van der Waals surface area contributed by atoms with Gasteiger partial charge in [0.15, 0.2) is 4.67 Å². The number of benzene rings is 2. The lowest BCUT2D eigenvalue weighted by Crippen LogP contribution is -2.22. The van der Waals surface area contributed by atoms with Crippen LogP contribution in [0.25, 0.3) is 0 Å². The second-order valence-electron chi connectivity index (χ2n) is 5.32. The van der Waals surface area contributed by atoms with Crippen LogP contribution >= 0.6 is 15.9 Å². The Morgan fingerprint density at radius 2 is 1.23 bits per heavy atom. The molecule has 0 spiro atoms. The number of furan rings is 1. The highest BCUT2D eigenvalue weighted by molar-refractivity contribution is 9.10. The Balaban J connectivity index is 1.75. The number of halogens is 1. The van der Waals surface area contributed by atoms with Crippen LogP contribution in [0.15, 0.2) is 81.9 Å². The van der Waals surface area contributed by atoms with Crippen molar-refractivity contribution >= 4 is 15.9 Å². The van der Waals surface area contributed by atoms with Gasteiger partial charge in [0.05, 0.1) is 6.54 Å². The fraction of sp³-hybridized carbons (Fsp3) is 0.158. The predicted octanol–water partition coefficient (Wildman–Crippen LogP) is 5.24. The summed E-state index contributed by atoms with van der Waals surface area (Å²) in [7, 11) is 0. The Morgan fingerprint density at radius 3 is 1.68 bits per heavy atom. The largest absolute Gasteiger partial charge is 0.453 e. The lowest BCUT2D eigenvalue weighted by molar-refractivity contribution is 0.225. The monoisotopic (exact) mass is 355 g/mol. The second kappa shape index (κ2) is 7.43. The average molecular weight is 356 g/mol. The van der Waals surface area contributed by atoms with Crippen LogP contribution in [0.5, 0.6) is 0 Å². The molecule has 112 valence electrons. The molecule has 1 aromatic heterocycles. The molecular formula is C19H18BrNO. The zero-order valence-electron chi connectivity index (χ0n) is 12.3. The van der Waals surface area contributed by atoms with Gasteiger partial charge in [0.2, 0.25) is 0 Å². The van der Waals surface area contributed by atoms with Crippen molar-refractivity contribution in [3.63, 3.8) is 0 Å². The molecule has 22 heavy (non-hydrogen) atoms. The van der Waals surface area contributed by atoms with E-state index >= 15 is 0 Å². The fourth-order valence-electron chi connectivity index (χ4n) is 2.51. The molecular weight excluding hydrogens is 338 g/mol. The minimum Gasteiger partial charge on any atom is -0.453 e. The molecule has 0 atom stereocenters. The van der Waals surface area contributed by atoms with E-state index in [1.54, 1.807) is 0 Å². The van der Waals surface area contributed by atoms with E-state index in [1.165, 1.54) is 11.1 Å². The lowest BCUT2D eigenvalue weighted by atomic mass is 10.1. The van der Waals surface area contributed by atoms with Crippen LogP contribution < -0.4 is 0 Å². The third-order valence-corrected chi connectivity index (χ3v) is 3.93. The molecule has 3 heteroatoms. The molecule has 3 aromatic rings. The molecule has 0 aliphatic heterocycles. The summed E-state index contributed by atoms with van der Waals surface area (Å²) in [5.41, 5.74) is 2.62. The van der Waals surface area contributed by atoms with E-state index in [9.17, 15) is 0 Å². The molecule has 0 saturated carbocycles. The second-order valence-corrected chi connectivity index (χ2v) is 6.10.